The molecule has 0 saturated carbocycles. The third-order valence-electron chi connectivity index (χ3n) is 4.34. The van der Waals surface area contributed by atoms with Gasteiger partial charge in [-0.15, -0.1) is 0 Å². The highest BCUT2D eigenvalue weighted by atomic mass is 16.2. The molecule has 19 heavy (non-hydrogen) atoms. The van der Waals surface area contributed by atoms with E-state index in [1.165, 1.54) is 25.7 Å². The van der Waals surface area contributed by atoms with Crippen LogP contribution in [0, 0.1) is 0 Å². The summed E-state index contributed by atoms with van der Waals surface area (Å²) in [5.41, 5.74) is 0. The van der Waals surface area contributed by atoms with Gasteiger partial charge in [0, 0.05) is 25.2 Å². The van der Waals surface area contributed by atoms with Crippen LogP contribution in [0.2, 0.25) is 0 Å². The predicted molar refractivity (Wildman–Crippen MR) is 78.1 cm³/mol. The van der Waals surface area contributed by atoms with Crippen LogP contribution in [0.15, 0.2) is 0 Å². The molecule has 2 aliphatic heterocycles. The summed E-state index contributed by atoms with van der Waals surface area (Å²) in [6.45, 7) is 7.33. The van der Waals surface area contributed by atoms with Gasteiger partial charge in [0.15, 0.2) is 0 Å². The number of likely N-dealkylation sites (tertiary alicyclic amines) is 1. The van der Waals surface area contributed by atoms with E-state index in [9.17, 15) is 4.79 Å². The summed E-state index contributed by atoms with van der Waals surface area (Å²) in [5.74, 6) is 0.258. The molecule has 0 radical (unpaired) electrons. The Hall–Kier alpha value is -0.610. The van der Waals surface area contributed by atoms with E-state index < -0.39 is 0 Å². The molecule has 4 nitrogen and oxygen atoms in total. The van der Waals surface area contributed by atoms with Gasteiger partial charge in [0.05, 0.1) is 6.04 Å². The van der Waals surface area contributed by atoms with Gasteiger partial charge in [0.2, 0.25) is 5.91 Å². The maximum absolute atomic E-state index is 12.2. The molecule has 2 saturated heterocycles. The summed E-state index contributed by atoms with van der Waals surface area (Å²) < 4.78 is 0. The molecular weight excluding hydrogens is 238 g/mol. The highest BCUT2D eigenvalue weighted by molar-refractivity contribution is 5.82. The first-order chi connectivity index (χ1) is 9.18. The van der Waals surface area contributed by atoms with E-state index in [2.05, 4.69) is 29.4 Å². The average molecular weight is 267 g/mol. The normalized spacial score (nSPS) is 30.2. The number of nitrogens with one attached hydrogen (secondary N) is 2. The van der Waals surface area contributed by atoms with Gasteiger partial charge in [-0.25, -0.2) is 0 Å². The van der Waals surface area contributed by atoms with Crippen molar-refractivity contribution in [1.29, 1.82) is 0 Å². The maximum atomic E-state index is 12.2. The van der Waals surface area contributed by atoms with E-state index in [0.717, 1.165) is 32.5 Å². The van der Waals surface area contributed by atoms with Crippen LogP contribution in [0.5, 0.6) is 0 Å². The second-order valence-corrected chi connectivity index (χ2v) is 6.25. The van der Waals surface area contributed by atoms with Gasteiger partial charge in [-0.05, 0) is 38.6 Å². The Bertz CT molecular complexity index is 293. The maximum Gasteiger partial charge on any atom is 0.237 e. The third kappa shape index (κ3) is 4.18. The van der Waals surface area contributed by atoms with Gasteiger partial charge in [-0.3, -0.25) is 9.69 Å². The Morgan fingerprint density at radius 2 is 2.05 bits per heavy atom. The van der Waals surface area contributed by atoms with E-state index in [1.54, 1.807) is 0 Å². The van der Waals surface area contributed by atoms with E-state index in [4.69, 9.17) is 0 Å². The molecule has 2 fully saturated rings. The van der Waals surface area contributed by atoms with Crippen molar-refractivity contribution in [3.05, 3.63) is 0 Å². The second-order valence-electron chi connectivity index (χ2n) is 6.25. The quantitative estimate of drug-likeness (QED) is 0.811. The Morgan fingerprint density at radius 3 is 2.84 bits per heavy atom. The number of piperidine rings is 1. The van der Waals surface area contributed by atoms with Crippen molar-refractivity contribution in [2.45, 2.75) is 70.5 Å². The van der Waals surface area contributed by atoms with Crippen LogP contribution in [-0.4, -0.2) is 48.6 Å². The molecule has 0 aromatic carbocycles. The van der Waals surface area contributed by atoms with Crippen molar-refractivity contribution >= 4 is 5.91 Å². The Balaban J connectivity index is 1.98. The fraction of sp³-hybridized carbons (Fsp3) is 0.933. The molecule has 0 spiro atoms. The van der Waals surface area contributed by atoms with Crippen LogP contribution in [0.25, 0.3) is 0 Å². The van der Waals surface area contributed by atoms with Crippen molar-refractivity contribution in [3.8, 4) is 0 Å². The lowest BCUT2D eigenvalue weighted by Crippen LogP contribution is -2.55. The summed E-state index contributed by atoms with van der Waals surface area (Å²) in [4.78, 5) is 14.7. The van der Waals surface area contributed by atoms with E-state index in [1.807, 2.05) is 0 Å². The zero-order valence-corrected chi connectivity index (χ0v) is 12.5. The summed E-state index contributed by atoms with van der Waals surface area (Å²) in [6, 6.07) is 1.17. The molecule has 2 aliphatic rings. The highest BCUT2D eigenvalue weighted by Gasteiger charge is 2.33. The third-order valence-corrected chi connectivity index (χ3v) is 4.34. The molecule has 1 amide bonds. The van der Waals surface area contributed by atoms with Gasteiger partial charge in [0.25, 0.3) is 0 Å². The molecular formula is C15H29N3O. The molecule has 0 bridgehead atoms. The van der Waals surface area contributed by atoms with Gasteiger partial charge in [0.1, 0.15) is 0 Å². The lowest BCUT2D eigenvalue weighted by Gasteiger charge is -2.40. The largest absolute Gasteiger partial charge is 0.355 e. The average Bonchev–Trinajstić information content (AvgIpc) is 2.61. The minimum Gasteiger partial charge on any atom is -0.355 e. The van der Waals surface area contributed by atoms with Crippen LogP contribution in [0.4, 0.5) is 0 Å². The molecule has 0 aliphatic carbocycles. The molecule has 0 aromatic rings. The lowest BCUT2D eigenvalue weighted by molar-refractivity contribution is -0.127. The molecule has 110 valence electrons. The Kier molecular flexibility index (Phi) is 5.64. The summed E-state index contributed by atoms with van der Waals surface area (Å²) in [5, 5.41) is 6.62. The van der Waals surface area contributed by atoms with E-state index in [0.29, 0.717) is 12.1 Å². The molecule has 4 heteroatoms. The van der Waals surface area contributed by atoms with Crippen LogP contribution >= 0.6 is 0 Å². The monoisotopic (exact) mass is 267 g/mol. The summed E-state index contributed by atoms with van der Waals surface area (Å²) >= 11 is 0. The first-order valence-corrected chi connectivity index (χ1v) is 7.95. The minimum absolute atomic E-state index is 0.113. The van der Waals surface area contributed by atoms with Crippen molar-refractivity contribution in [2.24, 2.45) is 0 Å². The van der Waals surface area contributed by atoms with E-state index in [-0.39, 0.29) is 11.9 Å². The first-order valence-electron chi connectivity index (χ1n) is 7.95. The van der Waals surface area contributed by atoms with Crippen molar-refractivity contribution in [2.75, 3.05) is 19.6 Å². The number of carbonyl (C=O) groups is 1. The van der Waals surface area contributed by atoms with Crippen molar-refractivity contribution in [1.82, 2.24) is 15.5 Å². The number of rotatable bonds is 4. The zero-order chi connectivity index (χ0) is 13.7. The standard InChI is InChI=1S/C15H29N3O/c1-12(2)17-11-13-7-4-6-10-18(13)14-8-3-5-9-16-15(14)19/h12-14,17H,3-11H2,1-2H3,(H,16,19). The smallest absolute Gasteiger partial charge is 0.237 e. The fourth-order valence-corrected chi connectivity index (χ4v) is 3.26. The second kappa shape index (κ2) is 7.25. The number of nitrogens with zero attached hydrogens (tertiary/aromatic N) is 1. The Morgan fingerprint density at radius 1 is 1.26 bits per heavy atom. The van der Waals surface area contributed by atoms with Crippen LogP contribution in [0.1, 0.15) is 52.4 Å². The van der Waals surface area contributed by atoms with Crippen LogP contribution in [0.3, 0.4) is 0 Å². The molecule has 2 N–H and O–H groups in total. The topological polar surface area (TPSA) is 44.4 Å². The summed E-state index contributed by atoms with van der Waals surface area (Å²) in [6.07, 6.45) is 7.10. The van der Waals surface area contributed by atoms with Crippen molar-refractivity contribution in [3.63, 3.8) is 0 Å². The molecule has 2 atom stereocenters. The number of hydrogen-bond acceptors (Lipinski definition) is 3. The number of amides is 1. The first kappa shape index (κ1) is 14.8. The zero-order valence-electron chi connectivity index (χ0n) is 12.5. The number of hydrogen-bond donors (Lipinski definition) is 2. The van der Waals surface area contributed by atoms with Crippen molar-refractivity contribution < 1.29 is 4.79 Å². The van der Waals surface area contributed by atoms with Crippen LogP contribution < -0.4 is 10.6 Å². The minimum atomic E-state index is 0.113. The van der Waals surface area contributed by atoms with Gasteiger partial charge >= 0.3 is 0 Å². The van der Waals surface area contributed by atoms with Crippen LogP contribution in [-0.2, 0) is 4.79 Å². The SMILES string of the molecule is CC(C)NCC1CCCCN1C1CCCCNC1=O. The van der Waals surface area contributed by atoms with Gasteiger partial charge in [-0.2, -0.15) is 0 Å². The lowest BCUT2D eigenvalue weighted by atomic mass is 9.97. The molecule has 2 heterocycles. The molecule has 2 rings (SSSR count). The Labute approximate surface area is 117 Å². The predicted octanol–water partition coefficient (Wildman–Crippen LogP) is 1.51. The number of carbonyl (C=O) groups excluding carboxylic acids is 1. The highest BCUT2D eigenvalue weighted by Crippen LogP contribution is 2.23. The molecule has 0 aromatic heterocycles. The summed E-state index contributed by atoms with van der Waals surface area (Å²) in [7, 11) is 0. The van der Waals surface area contributed by atoms with Gasteiger partial charge in [-0.1, -0.05) is 20.3 Å². The molecule has 2 unspecified atom stereocenters. The fourth-order valence-electron chi connectivity index (χ4n) is 3.26. The van der Waals surface area contributed by atoms with E-state index >= 15 is 0 Å². The van der Waals surface area contributed by atoms with Gasteiger partial charge < -0.3 is 10.6 Å².